The molecular formula is C25H28N2O4. The topological polar surface area (TPSA) is 51.2 Å². The van der Waals surface area contributed by atoms with Gasteiger partial charge in [0.05, 0.1) is 21.3 Å². The van der Waals surface area contributed by atoms with Crippen LogP contribution in [0.1, 0.15) is 15.9 Å². The quantitative estimate of drug-likeness (QED) is 0.607. The van der Waals surface area contributed by atoms with Crippen LogP contribution in [-0.2, 0) is 6.54 Å². The summed E-state index contributed by atoms with van der Waals surface area (Å²) in [6, 6.07) is 18.4. The van der Waals surface area contributed by atoms with Gasteiger partial charge < -0.3 is 19.1 Å². The summed E-state index contributed by atoms with van der Waals surface area (Å²) in [7, 11) is 4.66. The molecule has 31 heavy (non-hydrogen) atoms. The largest absolute Gasteiger partial charge is 0.493 e. The summed E-state index contributed by atoms with van der Waals surface area (Å²) in [6.45, 7) is 3.91. The smallest absolute Gasteiger partial charge is 0.254 e. The summed E-state index contributed by atoms with van der Waals surface area (Å²) in [5, 5.41) is 2.55. The van der Waals surface area contributed by atoms with Crippen molar-refractivity contribution >= 4 is 16.7 Å². The second-order valence-electron chi connectivity index (χ2n) is 7.62. The number of hydrogen-bond acceptors (Lipinski definition) is 5. The van der Waals surface area contributed by atoms with Gasteiger partial charge in [-0.2, -0.15) is 0 Å². The van der Waals surface area contributed by atoms with Crippen molar-refractivity contribution in [2.75, 3.05) is 47.5 Å². The van der Waals surface area contributed by atoms with Crippen molar-refractivity contribution in [3.05, 3.63) is 65.7 Å². The number of hydrogen-bond donors (Lipinski definition) is 0. The molecule has 6 nitrogen and oxygen atoms in total. The Hall–Kier alpha value is -3.25. The second-order valence-corrected chi connectivity index (χ2v) is 7.62. The molecule has 1 aliphatic rings. The van der Waals surface area contributed by atoms with Gasteiger partial charge in [0.2, 0.25) is 5.75 Å². The summed E-state index contributed by atoms with van der Waals surface area (Å²) in [6.07, 6.45) is 0. The molecule has 0 aliphatic carbocycles. The molecule has 3 aromatic rings. The van der Waals surface area contributed by atoms with Gasteiger partial charge in [0, 0.05) is 38.3 Å². The maximum Gasteiger partial charge on any atom is 0.254 e. The van der Waals surface area contributed by atoms with E-state index in [1.807, 2.05) is 4.90 Å². The van der Waals surface area contributed by atoms with Gasteiger partial charge in [-0.1, -0.05) is 42.5 Å². The van der Waals surface area contributed by atoms with E-state index >= 15 is 0 Å². The van der Waals surface area contributed by atoms with Gasteiger partial charge in [-0.25, -0.2) is 0 Å². The van der Waals surface area contributed by atoms with Crippen molar-refractivity contribution in [1.29, 1.82) is 0 Å². The Morgan fingerprint density at radius 3 is 2.13 bits per heavy atom. The number of nitrogens with zero attached hydrogens (tertiary/aromatic N) is 2. The number of methoxy groups -OCH3 is 3. The van der Waals surface area contributed by atoms with E-state index in [0.717, 1.165) is 19.6 Å². The average Bonchev–Trinajstić information content (AvgIpc) is 2.83. The number of piperazine rings is 1. The molecule has 0 bridgehead atoms. The number of fused-ring (bicyclic) bond motifs is 1. The lowest BCUT2D eigenvalue weighted by atomic mass is 10.0. The SMILES string of the molecule is COc1cc(C(=O)N2CCN(Cc3cccc4ccccc34)CC2)cc(OC)c1OC. The molecular weight excluding hydrogens is 392 g/mol. The van der Waals surface area contributed by atoms with E-state index in [1.54, 1.807) is 33.5 Å². The van der Waals surface area contributed by atoms with Crippen LogP contribution < -0.4 is 14.2 Å². The Balaban J connectivity index is 1.44. The zero-order valence-electron chi connectivity index (χ0n) is 18.3. The molecule has 3 aromatic carbocycles. The first kappa shape index (κ1) is 21.0. The molecule has 1 fully saturated rings. The molecule has 162 valence electrons. The number of carbonyl (C=O) groups excluding carboxylic acids is 1. The highest BCUT2D eigenvalue weighted by Crippen LogP contribution is 2.38. The minimum absolute atomic E-state index is 0.0240. The fourth-order valence-electron chi connectivity index (χ4n) is 4.17. The standard InChI is InChI=1S/C25H28N2O4/c1-29-22-15-20(16-23(30-2)24(22)31-3)25(28)27-13-11-26(12-14-27)17-19-9-6-8-18-7-4-5-10-21(18)19/h4-10,15-16H,11-14,17H2,1-3H3. The lowest BCUT2D eigenvalue weighted by Gasteiger charge is -2.35. The van der Waals surface area contributed by atoms with Gasteiger partial charge in [-0.3, -0.25) is 9.69 Å². The minimum atomic E-state index is -0.0240. The van der Waals surface area contributed by atoms with Crippen LogP contribution in [0.2, 0.25) is 0 Å². The molecule has 0 spiro atoms. The molecule has 0 aromatic heterocycles. The summed E-state index contributed by atoms with van der Waals surface area (Å²) in [4.78, 5) is 17.4. The molecule has 1 saturated heterocycles. The van der Waals surface area contributed by atoms with Gasteiger partial charge in [0.1, 0.15) is 0 Å². The Bertz CT molecular complexity index is 1040. The van der Waals surface area contributed by atoms with Crippen LogP contribution in [0, 0.1) is 0 Å². The molecule has 0 saturated carbocycles. The van der Waals surface area contributed by atoms with Gasteiger partial charge in [0.15, 0.2) is 11.5 Å². The van der Waals surface area contributed by atoms with Gasteiger partial charge in [-0.15, -0.1) is 0 Å². The lowest BCUT2D eigenvalue weighted by Crippen LogP contribution is -2.48. The zero-order valence-corrected chi connectivity index (χ0v) is 18.3. The maximum absolute atomic E-state index is 13.1. The molecule has 0 unspecified atom stereocenters. The number of benzene rings is 3. The van der Waals surface area contributed by atoms with Gasteiger partial charge in [-0.05, 0) is 28.5 Å². The molecule has 6 heteroatoms. The highest BCUT2D eigenvalue weighted by Gasteiger charge is 2.25. The van der Waals surface area contributed by atoms with Crippen LogP contribution in [0.15, 0.2) is 54.6 Å². The van der Waals surface area contributed by atoms with Gasteiger partial charge >= 0.3 is 0 Å². The highest BCUT2D eigenvalue weighted by atomic mass is 16.5. The minimum Gasteiger partial charge on any atom is -0.493 e. The van der Waals surface area contributed by atoms with Crippen molar-refractivity contribution < 1.29 is 19.0 Å². The monoisotopic (exact) mass is 420 g/mol. The van der Waals surface area contributed by atoms with Crippen molar-refractivity contribution in [2.24, 2.45) is 0 Å². The summed E-state index contributed by atoms with van der Waals surface area (Å²) in [5.41, 5.74) is 1.86. The molecule has 0 radical (unpaired) electrons. The fraction of sp³-hybridized carbons (Fsp3) is 0.320. The van der Waals surface area contributed by atoms with Crippen molar-refractivity contribution in [3.8, 4) is 17.2 Å². The molecule has 4 rings (SSSR count). The van der Waals surface area contributed by atoms with Crippen LogP contribution in [0.5, 0.6) is 17.2 Å². The van der Waals surface area contributed by atoms with E-state index in [1.165, 1.54) is 16.3 Å². The Labute approximate surface area is 182 Å². The van der Waals surface area contributed by atoms with E-state index in [2.05, 4.69) is 47.4 Å². The predicted molar refractivity (Wildman–Crippen MR) is 121 cm³/mol. The first-order valence-electron chi connectivity index (χ1n) is 10.4. The molecule has 1 heterocycles. The summed E-state index contributed by atoms with van der Waals surface area (Å²) in [5.74, 6) is 1.44. The third-order valence-electron chi connectivity index (χ3n) is 5.85. The number of amides is 1. The second kappa shape index (κ2) is 9.27. The molecule has 0 N–H and O–H groups in total. The van der Waals surface area contributed by atoms with E-state index in [-0.39, 0.29) is 5.91 Å². The third-order valence-corrected chi connectivity index (χ3v) is 5.85. The van der Waals surface area contributed by atoms with Crippen LogP contribution in [0.3, 0.4) is 0 Å². The Morgan fingerprint density at radius 1 is 0.839 bits per heavy atom. The van der Waals surface area contributed by atoms with Crippen molar-refractivity contribution in [3.63, 3.8) is 0 Å². The van der Waals surface area contributed by atoms with E-state index < -0.39 is 0 Å². The van der Waals surface area contributed by atoms with Crippen LogP contribution in [0.25, 0.3) is 10.8 Å². The molecule has 0 atom stereocenters. The van der Waals surface area contributed by atoms with Crippen molar-refractivity contribution in [1.82, 2.24) is 9.80 Å². The normalized spacial score (nSPS) is 14.5. The fourth-order valence-corrected chi connectivity index (χ4v) is 4.17. The first-order valence-corrected chi connectivity index (χ1v) is 10.4. The van der Waals surface area contributed by atoms with Crippen molar-refractivity contribution in [2.45, 2.75) is 6.54 Å². The Morgan fingerprint density at radius 2 is 1.48 bits per heavy atom. The van der Waals surface area contributed by atoms with E-state index in [4.69, 9.17) is 14.2 Å². The lowest BCUT2D eigenvalue weighted by molar-refractivity contribution is 0.0628. The maximum atomic E-state index is 13.1. The summed E-state index contributed by atoms with van der Waals surface area (Å²) >= 11 is 0. The number of carbonyl (C=O) groups is 1. The third kappa shape index (κ3) is 4.30. The predicted octanol–water partition coefficient (Wildman–Crippen LogP) is 3.82. The summed E-state index contributed by atoms with van der Waals surface area (Å²) < 4.78 is 16.1. The number of rotatable bonds is 6. The van der Waals surface area contributed by atoms with Crippen LogP contribution in [0.4, 0.5) is 0 Å². The average molecular weight is 421 g/mol. The van der Waals surface area contributed by atoms with Crippen LogP contribution >= 0.6 is 0 Å². The highest BCUT2D eigenvalue weighted by molar-refractivity contribution is 5.95. The Kier molecular flexibility index (Phi) is 6.28. The van der Waals surface area contributed by atoms with Crippen LogP contribution in [-0.4, -0.2) is 63.2 Å². The molecule has 1 amide bonds. The van der Waals surface area contributed by atoms with E-state index in [9.17, 15) is 4.79 Å². The van der Waals surface area contributed by atoms with Gasteiger partial charge in [0.25, 0.3) is 5.91 Å². The van der Waals surface area contributed by atoms with E-state index in [0.29, 0.717) is 35.9 Å². The first-order chi connectivity index (χ1) is 15.1. The number of ether oxygens (including phenoxy) is 3. The molecule has 1 aliphatic heterocycles. The zero-order chi connectivity index (χ0) is 21.8.